The van der Waals surface area contributed by atoms with Crippen molar-refractivity contribution in [2.24, 2.45) is 0 Å². The molecule has 7 rings (SSSR count). The summed E-state index contributed by atoms with van der Waals surface area (Å²) in [5, 5.41) is 3.46. The van der Waals surface area contributed by atoms with Crippen molar-refractivity contribution in [3.8, 4) is 22.9 Å². The Balaban J connectivity index is 1.25. The predicted octanol–water partition coefficient (Wildman–Crippen LogP) is 5.43. The van der Waals surface area contributed by atoms with Gasteiger partial charge in [-0.1, -0.05) is 24.3 Å². The number of rotatable bonds is 13. The largest absolute Gasteiger partial charge is 0.497 e. The normalized spacial score (nSPS) is 14.0. The van der Waals surface area contributed by atoms with E-state index < -0.39 is 10.0 Å². The maximum Gasteiger partial charge on any atom is 0.229 e. The maximum atomic E-state index is 12.1. The average Bonchev–Trinajstić information content (AvgIpc) is 3.63. The van der Waals surface area contributed by atoms with Crippen molar-refractivity contribution in [3.63, 3.8) is 0 Å². The first-order chi connectivity index (χ1) is 25.6. The first kappa shape index (κ1) is 35.7. The van der Waals surface area contributed by atoms with Gasteiger partial charge in [-0.15, -0.1) is 0 Å². The number of fused-ring (bicyclic) bond motifs is 1. The summed E-state index contributed by atoms with van der Waals surface area (Å²) in [7, 11) is 0.0690. The van der Waals surface area contributed by atoms with E-state index in [1.165, 1.54) is 17.0 Å². The van der Waals surface area contributed by atoms with E-state index in [0.29, 0.717) is 85.9 Å². The van der Waals surface area contributed by atoms with Gasteiger partial charge < -0.3 is 24.1 Å². The lowest BCUT2D eigenvalue weighted by atomic mass is 10.1. The smallest absolute Gasteiger partial charge is 0.229 e. The lowest BCUT2D eigenvalue weighted by Gasteiger charge is -2.33. The number of hydrogen-bond donors (Lipinski definition) is 1. The van der Waals surface area contributed by atoms with Crippen LogP contribution in [0.1, 0.15) is 22.5 Å². The van der Waals surface area contributed by atoms with E-state index in [-0.39, 0.29) is 0 Å². The van der Waals surface area contributed by atoms with E-state index in [9.17, 15) is 8.42 Å². The molecule has 1 aliphatic rings. The van der Waals surface area contributed by atoms with E-state index in [4.69, 9.17) is 33.8 Å². The third-order valence-corrected chi connectivity index (χ3v) is 10.4. The molecule has 0 unspecified atom stereocenters. The molecular weight excluding hydrogens is 695 g/mol. The number of aromatic nitrogens is 5. The molecule has 14 nitrogen and oxygen atoms in total. The van der Waals surface area contributed by atoms with Crippen LogP contribution in [0.25, 0.3) is 22.5 Å². The molecule has 0 spiro atoms. The Kier molecular flexibility index (Phi) is 10.5. The van der Waals surface area contributed by atoms with Crippen molar-refractivity contribution in [2.45, 2.75) is 26.6 Å². The molecule has 0 bridgehead atoms. The molecule has 3 aromatic carbocycles. The van der Waals surface area contributed by atoms with Gasteiger partial charge in [-0.05, 0) is 72.1 Å². The monoisotopic (exact) mass is 735 g/mol. The Bertz CT molecular complexity index is 2240. The number of sulfonamides is 1. The molecule has 0 saturated carbocycles. The Morgan fingerprint density at radius 2 is 1.47 bits per heavy atom. The molecule has 15 heteroatoms. The van der Waals surface area contributed by atoms with Gasteiger partial charge >= 0.3 is 0 Å². The van der Waals surface area contributed by atoms with Crippen LogP contribution in [-0.4, -0.2) is 89.2 Å². The van der Waals surface area contributed by atoms with Gasteiger partial charge in [0.15, 0.2) is 17.8 Å². The predicted molar refractivity (Wildman–Crippen MR) is 203 cm³/mol. The van der Waals surface area contributed by atoms with Gasteiger partial charge in [-0.25, -0.2) is 23.4 Å². The third kappa shape index (κ3) is 8.71. The first-order valence-electron chi connectivity index (χ1n) is 17.1. The zero-order valence-corrected chi connectivity index (χ0v) is 30.9. The van der Waals surface area contributed by atoms with E-state index in [1.807, 2.05) is 85.9 Å². The van der Waals surface area contributed by atoms with Gasteiger partial charge in [-0.3, -0.25) is 4.90 Å². The highest BCUT2D eigenvalue weighted by Crippen LogP contribution is 2.31. The van der Waals surface area contributed by atoms with Gasteiger partial charge in [0.05, 0.1) is 26.0 Å². The second-order valence-corrected chi connectivity index (χ2v) is 14.9. The molecule has 1 fully saturated rings. The van der Waals surface area contributed by atoms with Crippen molar-refractivity contribution >= 4 is 38.6 Å². The van der Waals surface area contributed by atoms with Crippen LogP contribution in [0.2, 0.25) is 0 Å². The van der Waals surface area contributed by atoms with Gasteiger partial charge in [-0.2, -0.15) is 14.3 Å². The van der Waals surface area contributed by atoms with Gasteiger partial charge in [0.1, 0.15) is 28.7 Å². The van der Waals surface area contributed by atoms with Gasteiger partial charge in [0.25, 0.3) is 0 Å². The van der Waals surface area contributed by atoms with Crippen molar-refractivity contribution in [1.29, 1.82) is 0 Å². The van der Waals surface area contributed by atoms with E-state index in [1.54, 1.807) is 14.2 Å². The van der Waals surface area contributed by atoms with Crippen LogP contribution in [0.4, 0.5) is 17.5 Å². The molecular formula is C38H41N9O5S. The maximum absolute atomic E-state index is 12.1. The summed E-state index contributed by atoms with van der Waals surface area (Å²) in [5.74, 6) is 3.64. The molecule has 6 aromatic rings. The van der Waals surface area contributed by atoms with Crippen LogP contribution in [0.15, 0.2) is 89.8 Å². The molecule has 1 aliphatic heterocycles. The summed E-state index contributed by atoms with van der Waals surface area (Å²) < 4.78 is 42.0. The first-order valence-corrected chi connectivity index (χ1v) is 19.0. The third-order valence-electron chi connectivity index (χ3n) is 9.07. The van der Waals surface area contributed by atoms with Crippen molar-refractivity contribution in [1.82, 2.24) is 34.1 Å². The Morgan fingerprint density at radius 1 is 0.811 bits per heavy atom. The van der Waals surface area contributed by atoms with Crippen molar-refractivity contribution in [2.75, 3.05) is 56.9 Å². The number of ether oxygens (including phenoxy) is 2. The highest BCUT2D eigenvalue weighted by atomic mass is 32.2. The van der Waals surface area contributed by atoms with Crippen LogP contribution in [0.5, 0.6) is 11.5 Å². The van der Waals surface area contributed by atoms with Crippen LogP contribution < -0.4 is 19.7 Å². The standard InChI is InChI=1S/C38H41N9O5S/c1-26-41-37(44-38(42-26)46(23-27-5-10-31(50-2)11-6-27)24-28-7-12-32(51-3)13-8-28)33-19-29(22-45-15-17-47(18-16-45)53(4,48)49)21-39-36(33)43-30-9-14-35-34(20-30)40-25-52-35/h5-14,19-21,25H,15-18,22-24H2,1-4H3,(H,39,43). The minimum absolute atomic E-state index is 0.442. The topological polar surface area (TPSA) is 152 Å². The molecule has 0 aliphatic carbocycles. The molecule has 4 heterocycles. The summed E-state index contributed by atoms with van der Waals surface area (Å²) in [6.07, 6.45) is 4.50. The van der Waals surface area contributed by atoms with Crippen LogP contribution in [0.3, 0.4) is 0 Å². The highest BCUT2D eigenvalue weighted by Gasteiger charge is 2.24. The molecule has 1 saturated heterocycles. The average molecular weight is 736 g/mol. The van der Waals surface area contributed by atoms with Crippen LogP contribution >= 0.6 is 0 Å². The molecule has 53 heavy (non-hydrogen) atoms. The molecule has 0 radical (unpaired) electrons. The van der Waals surface area contributed by atoms with Crippen LogP contribution in [-0.2, 0) is 29.7 Å². The highest BCUT2D eigenvalue weighted by molar-refractivity contribution is 7.88. The Morgan fingerprint density at radius 3 is 2.09 bits per heavy atom. The molecule has 0 amide bonds. The molecule has 1 N–H and O–H groups in total. The second-order valence-electron chi connectivity index (χ2n) is 12.9. The number of benzene rings is 3. The van der Waals surface area contributed by atoms with Crippen molar-refractivity contribution < 1.29 is 22.3 Å². The molecule has 274 valence electrons. The molecule has 0 atom stereocenters. The summed E-state index contributed by atoms with van der Waals surface area (Å²) in [5.41, 5.74) is 5.93. The van der Waals surface area contributed by atoms with Gasteiger partial charge in [0, 0.05) is 57.7 Å². The molecule has 3 aromatic heterocycles. The van der Waals surface area contributed by atoms with E-state index in [0.717, 1.165) is 33.9 Å². The van der Waals surface area contributed by atoms with Crippen molar-refractivity contribution in [3.05, 3.63) is 108 Å². The number of pyridine rings is 1. The fourth-order valence-electron chi connectivity index (χ4n) is 6.24. The number of nitrogens with zero attached hydrogens (tertiary/aromatic N) is 8. The minimum Gasteiger partial charge on any atom is -0.497 e. The number of nitrogens with one attached hydrogen (secondary N) is 1. The minimum atomic E-state index is -3.23. The summed E-state index contributed by atoms with van der Waals surface area (Å²) in [4.78, 5) is 28.3. The number of piperazine rings is 1. The number of hydrogen-bond acceptors (Lipinski definition) is 13. The second kappa shape index (κ2) is 15.5. The lowest BCUT2D eigenvalue weighted by molar-refractivity contribution is 0.182. The lowest BCUT2D eigenvalue weighted by Crippen LogP contribution is -2.47. The number of aryl methyl sites for hydroxylation is 1. The zero-order valence-electron chi connectivity index (χ0n) is 30.1. The Labute approximate surface area is 308 Å². The summed E-state index contributed by atoms with van der Waals surface area (Å²) in [6.45, 7) is 5.61. The number of oxazole rings is 1. The fraction of sp³-hybridized carbons (Fsp3) is 0.289. The van der Waals surface area contributed by atoms with Crippen LogP contribution in [0, 0.1) is 6.92 Å². The zero-order chi connectivity index (χ0) is 37.0. The van der Waals surface area contributed by atoms with E-state index in [2.05, 4.69) is 20.1 Å². The number of anilines is 3. The summed E-state index contributed by atoms with van der Waals surface area (Å²) >= 11 is 0. The fourth-order valence-corrected chi connectivity index (χ4v) is 7.07. The Hall–Kier alpha value is -5.64. The van der Waals surface area contributed by atoms with Gasteiger partial charge in [0.2, 0.25) is 16.0 Å². The summed E-state index contributed by atoms with van der Waals surface area (Å²) in [6, 6.07) is 23.6. The van der Waals surface area contributed by atoms with E-state index >= 15 is 0 Å². The number of methoxy groups -OCH3 is 2. The quantitative estimate of drug-likeness (QED) is 0.161. The SMILES string of the molecule is COc1ccc(CN(Cc2ccc(OC)cc2)c2nc(C)nc(-c3cc(CN4CCN(S(C)(=O)=O)CC4)cnc3Nc3ccc4ocnc4c3)n2)cc1.